The largest absolute Gasteiger partial charge is 0.332 e. The molecule has 1 nitrogen and oxygen atoms in total. The Balaban J connectivity index is 1.92. The number of anilines is 2. The van der Waals surface area contributed by atoms with Crippen molar-refractivity contribution in [3.8, 4) is 0 Å². The highest BCUT2D eigenvalue weighted by Crippen LogP contribution is 2.56. The Morgan fingerprint density at radius 2 is 1.59 bits per heavy atom. The van der Waals surface area contributed by atoms with E-state index in [1.807, 2.05) is 6.08 Å². The summed E-state index contributed by atoms with van der Waals surface area (Å²) in [6.07, 6.45) is 5.03. The normalized spacial score (nSPS) is 22.5. The van der Waals surface area contributed by atoms with E-state index in [2.05, 4.69) is 6.58 Å². The van der Waals surface area contributed by atoms with E-state index in [4.69, 9.17) is 0 Å². The second-order valence-electron chi connectivity index (χ2n) is 7.78. The van der Waals surface area contributed by atoms with E-state index in [1.165, 1.54) is 29.2 Å². The van der Waals surface area contributed by atoms with Gasteiger partial charge in [-0.25, -0.2) is 17.6 Å². The Kier molecular flexibility index (Phi) is 4.64. The lowest BCUT2D eigenvalue weighted by atomic mass is 10.1. The topological polar surface area (TPSA) is 3.24 Å². The lowest BCUT2D eigenvalue weighted by molar-refractivity contribution is 0.545. The number of hydrogen-bond acceptors (Lipinski definition) is 1. The summed E-state index contributed by atoms with van der Waals surface area (Å²) >= 11 is 0. The van der Waals surface area contributed by atoms with Crippen molar-refractivity contribution in [2.75, 3.05) is 4.90 Å². The quantitative estimate of drug-likeness (QED) is 0.504. The third-order valence-corrected chi connectivity index (χ3v) is 5.84. The van der Waals surface area contributed by atoms with Crippen molar-refractivity contribution in [3.05, 3.63) is 88.5 Å². The smallest absolute Gasteiger partial charge is 0.150 e. The number of benzene rings is 2. The molecule has 0 spiro atoms. The van der Waals surface area contributed by atoms with E-state index in [9.17, 15) is 17.6 Å². The first-order chi connectivity index (χ1) is 13.7. The van der Waals surface area contributed by atoms with Crippen molar-refractivity contribution in [1.82, 2.24) is 0 Å². The summed E-state index contributed by atoms with van der Waals surface area (Å²) in [6, 6.07) is 4.78. The molecule has 0 radical (unpaired) electrons. The van der Waals surface area contributed by atoms with Gasteiger partial charge in [0.2, 0.25) is 0 Å². The minimum absolute atomic E-state index is 0.240. The summed E-state index contributed by atoms with van der Waals surface area (Å²) in [6.45, 7) is 8.56. The lowest BCUT2D eigenvalue weighted by Gasteiger charge is -2.28. The van der Waals surface area contributed by atoms with E-state index in [-0.39, 0.29) is 23.1 Å². The third-order valence-electron chi connectivity index (χ3n) is 5.84. The Bertz CT molecular complexity index is 1060. The maximum Gasteiger partial charge on any atom is 0.150 e. The average molecular weight is 399 g/mol. The zero-order valence-electron chi connectivity index (χ0n) is 16.4. The standard InChI is InChI=1S/C24H21F4N/c1-5-15-10-16(11-18(25)14(15)4)29(24-19(26)8-12(2)9-20(24)27)23-17-7-6-13(3)22(28)21(17)23/h5-11,17,21,23H,1H2,2-4H3/t17-,21?,23?/m0/s1. The van der Waals surface area contributed by atoms with E-state index in [1.54, 1.807) is 32.9 Å². The molecular formula is C24H21F4N. The fourth-order valence-corrected chi connectivity index (χ4v) is 4.21. The van der Waals surface area contributed by atoms with Crippen LogP contribution in [-0.2, 0) is 0 Å². The summed E-state index contributed by atoms with van der Waals surface area (Å²) in [4.78, 5) is 1.40. The van der Waals surface area contributed by atoms with Gasteiger partial charge in [-0.1, -0.05) is 24.8 Å². The van der Waals surface area contributed by atoms with Crippen LogP contribution < -0.4 is 4.90 Å². The molecule has 2 unspecified atom stereocenters. The molecule has 2 aliphatic rings. The summed E-state index contributed by atoms with van der Waals surface area (Å²) in [5, 5.41) is 0. The molecule has 2 aliphatic carbocycles. The molecule has 0 bridgehead atoms. The Hall–Kier alpha value is -2.82. The van der Waals surface area contributed by atoms with E-state index in [0.29, 0.717) is 22.3 Å². The molecule has 1 fully saturated rings. The Morgan fingerprint density at radius 1 is 0.931 bits per heavy atom. The maximum absolute atomic E-state index is 14.9. The molecule has 29 heavy (non-hydrogen) atoms. The monoisotopic (exact) mass is 399 g/mol. The fourth-order valence-electron chi connectivity index (χ4n) is 4.21. The van der Waals surface area contributed by atoms with E-state index < -0.39 is 29.4 Å². The number of fused-ring (bicyclic) bond motifs is 1. The van der Waals surface area contributed by atoms with Crippen LogP contribution in [0, 0.1) is 43.1 Å². The number of allylic oxidation sites excluding steroid dienone is 2. The third kappa shape index (κ3) is 3.09. The van der Waals surface area contributed by atoms with Gasteiger partial charge in [-0.15, -0.1) is 0 Å². The van der Waals surface area contributed by atoms with Crippen molar-refractivity contribution in [1.29, 1.82) is 0 Å². The molecule has 0 amide bonds. The van der Waals surface area contributed by atoms with Crippen LogP contribution in [0.5, 0.6) is 0 Å². The molecule has 150 valence electrons. The zero-order chi connectivity index (χ0) is 21.0. The summed E-state index contributed by atoms with van der Waals surface area (Å²) in [5.74, 6) is -3.10. The van der Waals surface area contributed by atoms with E-state index >= 15 is 0 Å². The Morgan fingerprint density at radius 3 is 2.21 bits per heavy atom. The first-order valence-corrected chi connectivity index (χ1v) is 9.46. The van der Waals surface area contributed by atoms with Gasteiger partial charge in [0.25, 0.3) is 0 Å². The van der Waals surface area contributed by atoms with Crippen LogP contribution >= 0.6 is 0 Å². The van der Waals surface area contributed by atoms with Crippen molar-refractivity contribution >= 4 is 17.5 Å². The molecule has 0 aromatic heterocycles. The van der Waals surface area contributed by atoms with Gasteiger partial charge in [-0.3, -0.25) is 0 Å². The molecule has 2 aromatic carbocycles. The van der Waals surface area contributed by atoms with E-state index in [0.717, 1.165) is 0 Å². The van der Waals surface area contributed by atoms with Crippen molar-refractivity contribution in [2.45, 2.75) is 26.8 Å². The predicted molar refractivity (Wildman–Crippen MR) is 108 cm³/mol. The number of rotatable bonds is 4. The highest BCUT2D eigenvalue weighted by Gasteiger charge is 2.57. The summed E-state index contributed by atoms with van der Waals surface area (Å²) in [7, 11) is 0. The van der Waals surface area contributed by atoms with Gasteiger partial charge in [0.05, 0.1) is 6.04 Å². The van der Waals surface area contributed by atoms with Crippen LogP contribution in [0.15, 0.2) is 54.4 Å². The van der Waals surface area contributed by atoms with Crippen molar-refractivity contribution in [2.24, 2.45) is 11.8 Å². The lowest BCUT2D eigenvalue weighted by Crippen LogP contribution is -2.25. The highest BCUT2D eigenvalue weighted by atomic mass is 19.1. The van der Waals surface area contributed by atoms with Crippen LogP contribution in [0.1, 0.15) is 23.6 Å². The molecule has 0 heterocycles. The highest BCUT2D eigenvalue weighted by molar-refractivity contribution is 5.72. The molecule has 2 aromatic rings. The summed E-state index contributed by atoms with van der Waals surface area (Å²) < 4.78 is 59.2. The van der Waals surface area contributed by atoms with Crippen LogP contribution in [0.3, 0.4) is 0 Å². The molecular weight excluding hydrogens is 378 g/mol. The average Bonchev–Trinajstić information content (AvgIpc) is 3.38. The second-order valence-corrected chi connectivity index (χ2v) is 7.78. The number of nitrogens with zero attached hydrogens (tertiary/aromatic N) is 1. The fraction of sp³-hybridized carbons (Fsp3) is 0.250. The number of aryl methyl sites for hydroxylation is 1. The molecule has 1 saturated carbocycles. The van der Waals surface area contributed by atoms with Gasteiger partial charge in [0.15, 0.2) is 0 Å². The van der Waals surface area contributed by atoms with Gasteiger partial charge < -0.3 is 4.90 Å². The molecule has 0 N–H and O–H groups in total. The first kappa shape index (κ1) is 19.5. The van der Waals surface area contributed by atoms with Crippen LogP contribution in [0.4, 0.5) is 28.9 Å². The zero-order valence-corrected chi connectivity index (χ0v) is 16.4. The minimum atomic E-state index is -0.766. The molecule has 4 rings (SSSR count). The van der Waals surface area contributed by atoms with Crippen molar-refractivity contribution < 1.29 is 17.6 Å². The molecule has 5 heteroatoms. The van der Waals surface area contributed by atoms with Gasteiger partial charge >= 0.3 is 0 Å². The number of hydrogen-bond donors (Lipinski definition) is 0. The second kappa shape index (κ2) is 6.90. The summed E-state index contributed by atoms with van der Waals surface area (Å²) in [5.41, 5.74) is 1.81. The first-order valence-electron chi connectivity index (χ1n) is 9.46. The van der Waals surface area contributed by atoms with Gasteiger partial charge in [0.1, 0.15) is 29.0 Å². The Labute approximate surface area is 167 Å². The molecule has 0 aliphatic heterocycles. The van der Waals surface area contributed by atoms with Gasteiger partial charge in [0, 0.05) is 17.5 Å². The van der Waals surface area contributed by atoms with Crippen LogP contribution in [0.2, 0.25) is 0 Å². The van der Waals surface area contributed by atoms with Crippen molar-refractivity contribution in [3.63, 3.8) is 0 Å². The molecule has 0 saturated heterocycles. The van der Waals surface area contributed by atoms with Gasteiger partial charge in [-0.2, -0.15) is 0 Å². The maximum atomic E-state index is 14.9. The molecule has 3 atom stereocenters. The minimum Gasteiger partial charge on any atom is -0.332 e. The SMILES string of the molecule is C=Cc1cc(N(c2c(F)cc(C)cc2F)C2C3C(F)=C(C)C=C[C@@H]32)cc(F)c1C. The van der Waals surface area contributed by atoms with Gasteiger partial charge in [-0.05, 0) is 67.3 Å². The predicted octanol–water partition coefficient (Wildman–Crippen LogP) is 6.93. The number of halogens is 4. The van der Waals surface area contributed by atoms with Crippen LogP contribution in [-0.4, -0.2) is 6.04 Å². The van der Waals surface area contributed by atoms with Crippen LogP contribution in [0.25, 0.3) is 6.08 Å².